The van der Waals surface area contributed by atoms with Gasteiger partial charge in [0.2, 0.25) is 11.9 Å². The van der Waals surface area contributed by atoms with Crippen LogP contribution in [0.5, 0.6) is 0 Å². The molecule has 0 radical (unpaired) electrons. The maximum Gasteiger partial charge on any atom is 0.222 e. The molecule has 0 bridgehead atoms. The number of carbonyl (C=O) groups is 1. The number of anilines is 1. The van der Waals surface area contributed by atoms with Crippen LogP contribution in [0.3, 0.4) is 0 Å². The minimum absolute atomic E-state index is 0.0331. The zero-order valence-corrected chi connectivity index (χ0v) is 13.7. The largest absolute Gasteiger partial charge is 0.354 e. The summed E-state index contributed by atoms with van der Waals surface area (Å²) in [5.41, 5.74) is 1.03. The lowest BCUT2D eigenvalue weighted by atomic mass is 9.88. The molecule has 0 aromatic carbocycles. The van der Waals surface area contributed by atoms with Gasteiger partial charge in [0, 0.05) is 57.8 Å². The second-order valence-corrected chi connectivity index (χ2v) is 6.11. The molecule has 1 fully saturated rings. The summed E-state index contributed by atoms with van der Waals surface area (Å²) in [5, 5.41) is 3.29. The van der Waals surface area contributed by atoms with Gasteiger partial charge in [0.05, 0.1) is 6.04 Å². The van der Waals surface area contributed by atoms with E-state index in [9.17, 15) is 4.79 Å². The van der Waals surface area contributed by atoms with Gasteiger partial charge in [-0.15, -0.1) is 0 Å². The van der Waals surface area contributed by atoms with Crippen molar-refractivity contribution in [2.24, 2.45) is 13.0 Å². The molecule has 3 heterocycles. The van der Waals surface area contributed by atoms with Crippen molar-refractivity contribution in [1.29, 1.82) is 0 Å². The zero-order valence-electron chi connectivity index (χ0n) is 13.7. The first-order chi connectivity index (χ1) is 11.1. The van der Waals surface area contributed by atoms with Crippen molar-refractivity contribution in [2.45, 2.75) is 25.8 Å². The Morgan fingerprint density at radius 3 is 2.65 bits per heavy atom. The summed E-state index contributed by atoms with van der Waals surface area (Å²) < 4.78 is 1.98. The van der Waals surface area contributed by atoms with E-state index in [0.29, 0.717) is 18.9 Å². The molecule has 122 valence electrons. The molecule has 2 aromatic rings. The summed E-state index contributed by atoms with van der Waals surface area (Å²) in [7, 11) is 3.82. The molecular weight excluding hydrogens is 292 g/mol. The Morgan fingerprint density at radius 1 is 1.26 bits per heavy atom. The fraction of sp³-hybridized carbons (Fsp3) is 0.500. The van der Waals surface area contributed by atoms with Crippen molar-refractivity contribution in [3.05, 3.63) is 36.2 Å². The third-order valence-electron chi connectivity index (χ3n) is 4.41. The number of nitrogens with zero attached hydrogens (tertiary/aromatic N) is 5. The van der Waals surface area contributed by atoms with E-state index < -0.39 is 0 Å². The standard InChI is InChI=1S/C16H22N6O/c1-11-8-18-16(19-9-11)20-10-12-4-5-13(23)22(3)14(12)15-17-6-7-21(15)2/h6-9,12,14H,4-5,10H2,1-3H3,(H,18,19,20)/t12-,14+/m1/s1. The molecule has 0 aliphatic carbocycles. The van der Waals surface area contributed by atoms with Crippen LogP contribution in [0.1, 0.15) is 30.3 Å². The van der Waals surface area contributed by atoms with E-state index in [-0.39, 0.29) is 17.9 Å². The third kappa shape index (κ3) is 3.18. The van der Waals surface area contributed by atoms with Crippen molar-refractivity contribution < 1.29 is 4.79 Å². The Labute approximate surface area is 135 Å². The quantitative estimate of drug-likeness (QED) is 0.926. The number of aromatic nitrogens is 4. The second kappa shape index (κ2) is 6.36. The summed E-state index contributed by atoms with van der Waals surface area (Å²) >= 11 is 0. The number of imidazole rings is 1. The highest BCUT2D eigenvalue weighted by molar-refractivity contribution is 5.77. The number of rotatable bonds is 4. The Morgan fingerprint density at radius 2 is 2.00 bits per heavy atom. The molecule has 2 aromatic heterocycles. The van der Waals surface area contributed by atoms with E-state index in [1.165, 1.54) is 0 Å². The zero-order chi connectivity index (χ0) is 16.4. The molecule has 1 N–H and O–H groups in total. The molecule has 1 amide bonds. The molecule has 0 unspecified atom stereocenters. The first-order valence-electron chi connectivity index (χ1n) is 7.81. The lowest BCUT2D eigenvalue weighted by Crippen LogP contribution is -2.43. The number of piperidine rings is 1. The average molecular weight is 314 g/mol. The average Bonchev–Trinajstić information content (AvgIpc) is 2.96. The summed E-state index contributed by atoms with van der Waals surface area (Å²) in [6, 6.07) is -0.0331. The van der Waals surface area contributed by atoms with Gasteiger partial charge in [0.15, 0.2) is 0 Å². The number of carbonyl (C=O) groups excluding carboxylic acids is 1. The minimum Gasteiger partial charge on any atom is -0.354 e. The number of hydrogen-bond acceptors (Lipinski definition) is 5. The SMILES string of the molecule is Cc1cnc(NC[C@H]2CCC(=O)N(C)[C@@H]2c2nccn2C)nc1. The molecule has 1 saturated heterocycles. The van der Waals surface area contributed by atoms with E-state index in [0.717, 1.165) is 17.8 Å². The maximum atomic E-state index is 12.1. The number of nitrogens with one attached hydrogen (secondary N) is 1. The van der Waals surface area contributed by atoms with E-state index in [1.807, 2.05) is 36.7 Å². The van der Waals surface area contributed by atoms with E-state index >= 15 is 0 Å². The lowest BCUT2D eigenvalue weighted by Gasteiger charge is -2.38. The Bertz CT molecular complexity index is 680. The van der Waals surface area contributed by atoms with Crippen molar-refractivity contribution in [1.82, 2.24) is 24.4 Å². The smallest absolute Gasteiger partial charge is 0.222 e. The Hall–Kier alpha value is -2.44. The lowest BCUT2D eigenvalue weighted by molar-refractivity contribution is -0.137. The fourth-order valence-electron chi connectivity index (χ4n) is 3.08. The van der Waals surface area contributed by atoms with Crippen LogP contribution < -0.4 is 5.32 Å². The molecule has 0 saturated carbocycles. The monoisotopic (exact) mass is 314 g/mol. The van der Waals surface area contributed by atoms with Gasteiger partial charge in [0.1, 0.15) is 5.82 Å². The van der Waals surface area contributed by atoms with Gasteiger partial charge in [-0.05, 0) is 18.9 Å². The highest BCUT2D eigenvalue weighted by Crippen LogP contribution is 2.34. The normalized spacial score (nSPS) is 21.5. The summed E-state index contributed by atoms with van der Waals surface area (Å²) in [6.45, 7) is 2.67. The van der Waals surface area contributed by atoms with Gasteiger partial charge in [0.25, 0.3) is 0 Å². The van der Waals surface area contributed by atoms with Crippen LogP contribution in [0, 0.1) is 12.8 Å². The van der Waals surface area contributed by atoms with Crippen molar-refractivity contribution >= 4 is 11.9 Å². The Balaban J connectivity index is 1.77. The highest BCUT2D eigenvalue weighted by atomic mass is 16.2. The molecule has 1 aliphatic heterocycles. The first-order valence-corrected chi connectivity index (χ1v) is 7.81. The predicted molar refractivity (Wildman–Crippen MR) is 86.7 cm³/mol. The summed E-state index contributed by atoms with van der Waals surface area (Å²) in [5.74, 6) is 1.97. The second-order valence-electron chi connectivity index (χ2n) is 6.11. The van der Waals surface area contributed by atoms with Gasteiger partial charge in [-0.2, -0.15) is 0 Å². The van der Waals surface area contributed by atoms with Gasteiger partial charge in [-0.1, -0.05) is 0 Å². The van der Waals surface area contributed by atoms with Crippen molar-refractivity contribution in [3.8, 4) is 0 Å². The predicted octanol–water partition coefficient (Wildman–Crippen LogP) is 1.54. The van der Waals surface area contributed by atoms with Crippen LogP contribution in [0.15, 0.2) is 24.8 Å². The van der Waals surface area contributed by atoms with Crippen LogP contribution in [0.2, 0.25) is 0 Å². The number of amides is 1. The summed E-state index contributed by atoms with van der Waals surface area (Å²) in [4.78, 5) is 26.9. The third-order valence-corrected chi connectivity index (χ3v) is 4.41. The maximum absolute atomic E-state index is 12.1. The number of likely N-dealkylation sites (tertiary alicyclic amines) is 1. The minimum atomic E-state index is -0.0331. The molecule has 23 heavy (non-hydrogen) atoms. The molecule has 7 heteroatoms. The van der Waals surface area contributed by atoms with Gasteiger partial charge in [-0.25, -0.2) is 15.0 Å². The molecule has 0 spiro atoms. The van der Waals surface area contributed by atoms with E-state index in [2.05, 4.69) is 20.3 Å². The van der Waals surface area contributed by atoms with Crippen LogP contribution >= 0.6 is 0 Å². The summed E-state index contributed by atoms with van der Waals surface area (Å²) in [6.07, 6.45) is 8.67. The van der Waals surface area contributed by atoms with Crippen molar-refractivity contribution in [3.63, 3.8) is 0 Å². The number of hydrogen-bond donors (Lipinski definition) is 1. The van der Waals surface area contributed by atoms with Gasteiger partial charge in [-0.3, -0.25) is 4.79 Å². The van der Waals surface area contributed by atoms with Crippen LogP contribution in [0.4, 0.5) is 5.95 Å². The van der Waals surface area contributed by atoms with Crippen LogP contribution in [0.25, 0.3) is 0 Å². The molecule has 7 nitrogen and oxygen atoms in total. The first kappa shape index (κ1) is 15.5. The van der Waals surface area contributed by atoms with Crippen molar-refractivity contribution in [2.75, 3.05) is 18.9 Å². The topological polar surface area (TPSA) is 75.9 Å². The number of aryl methyl sites for hydroxylation is 2. The highest BCUT2D eigenvalue weighted by Gasteiger charge is 2.36. The molecule has 1 aliphatic rings. The van der Waals surface area contributed by atoms with Gasteiger partial charge < -0.3 is 14.8 Å². The Kier molecular flexibility index (Phi) is 4.27. The fourth-order valence-corrected chi connectivity index (χ4v) is 3.08. The van der Waals surface area contributed by atoms with E-state index in [4.69, 9.17) is 0 Å². The van der Waals surface area contributed by atoms with Crippen LogP contribution in [-0.2, 0) is 11.8 Å². The molecule has 2 atom stereocenters. The molecule has 3 rings (SSSR count). The van der Waals surface area contributed by atoms with E-state index in [1.54, 1.807) is 18.6 Å². The van der Waals surface area contributed by atoms with Gasteiger partial charge >= 0.3 is 0 Å². The molecular formula is C16H22N6O. The van der Waals surface area contributed by atoms with Crippen LogP contribution in [-0.4, -0.2) is 43.9 Å².